The van der Waals surface area contributed by atoms with Crippen molar-refractivity contribution in [2.24, 2.45) is 11.8 Å². The van der Waals surface area contributed by atoms with Crippen LogP contribution in [0.5, 0.6) is 0 Å². The molecule has 0 bridgehead atoms. The molecule has 5 atom stereocenters. The van der Waals surface area contributed by atoms with Crippen molar-refractivity contribution in [1.29, 1.82) is 0 Å². The van der Waals surface area contributed by atoms with Gasteiger partial charge in [0.1, 0.15) is 0 Å². The Kier molecular flexibility index (Phi) is 5.99. The summed E-state index contributed by atoms with van der Waals surface area (Å²) in [4.78, 5) is 0. The Morgan fingerprint density at radius 1 is 1.16 bits per heavy atom. The zero-order chi connectivity index (χ0) is 14.6. The average Bonchev–Trinajstić information content (AvgIpc) is 2.61. The van der Waals surface area contributed by atoms with Crippen LogP contribution in [-0.4, -0.2) is 40.9 Å². The van der Waals surface area contributed by atoms with Gasteiger partial charge in [0.15, 0.2) is 5.79 Å². The predicted octanol–water partition coefficient (Wildman–Crippen LogP) is 2.10. The molecular weight excluding hydrogens is 244 g/mol. The number of aliphatic hydroxyl groups is 2. The number of aliphatic hydroxyl groups excluding tert-OH is 2. The number of ether oxygens (including phenoxy) is 2. The molecule has 1 fully saturated rings. The summed E-state index contributed by atoms with van der Waals surface area (Å²) in [6.07, 6.45) is 4.17. The highest BCUT2D eigenvalue weighted by Crippen LogP contribution is 2.34. The van der Waals surface area contributed by atoms with Crippen molar-refractivity contribution in [1.82, 2.24) is 0 Å². The maximum absolute atomic E-state index is 9.48. The Labute approximate surface area is 116 Å². The molecule has 0 spiro atoms. The van der Waals surface area contributed by atoms with Crippen molar-refractivity contribution >= 4 is 0 Å². The van der Waals surface area contributed by atoms with Gasteiger partial charge in [-0.15, -0.1) is 0 Å². The van der Waals surface area contributed by atoms with E-state index in [0.717, 1.165) is 0 Å². The van der Waals surface area contributed by atoms with Gasteiger partial charge in [0, 0.05) is 12.5 Å². The summed E-state index contributed by atoms with van der Waals surface area (Å²) >= 11 is 0. The lowest BCUT2D eigenvalue weighted by atomic mass is 9.95. The molecule has 19 heavy (non-hydrogen) atoms. The minimum Gasteiger partial charge on any atom is -0.396 e. The molecule has 0 radical (unpaired) electrons. The second-order valence-electron chi connectivity index (χ2n) is 5.99. The maximum atomic E-state index is 9.48. The standard InChI is InChI=1S/C15H28O4/c1-10(12(3)17)6-7-11(2)14-13(8-9-16)18-15(4,5)19-14/h6-7,10-14,16-17H,8-9H2,1-5H3/b7-6-/t10-,11?,12+,13+,14-/m1/s1. The highest BCUT2D eigenvalue weighted by atomic mass is 16.8. The fraction of sp³-hybridized carbons (Fsp3) is 0.867. The van der Waals surface area contributed by atoms with Gasteiger partial charge in [-0.1, -0.05) is 26.0 Å². The number of hydrogen-bond acceptors (Lipinski definition) is 4. The second-order valence-corrected chi connectivity index (χ2v) is 5.99. The van der Waals surface area contributed by atoms with Crippen LogP contribution < -0.4 is 0 Å². The highest BCUT2D eigenvalue weighted by molar-refractivity contribution is 4.98. The van der Waals surface area contributed by atoms with Crippen LogP contribution >= 0.6 is 0 Å². The molecule has 0 aliphatic carbocycles. The molecule has 1 unspecified atom stereocenters. The van der Waals surface area contributed by atoms with E-state index < -0.39 is 5.79 Å². The van der Waals surface area contributed by atoms with Gasteiger partial charge in [-0.2, -0.15) is 0 Å². The quantitative estimate of drug-likeness (QED) is 0.727. The zero-order valence-corrected chi connectivity index (χ0v) is 12.7. The Bertz CT molecular complexity index is 299. The Hall–Kier alpha value is -0.420. The van der Waals surface area contributed by atoms with Crippen LogP contribution in [0.2, 0.25) is 0 Å². The molecule has 0 aromatic heterocycles. The molecule has 1 rings (SSSR count). The number of hydrogen-bond donors (Lipinski definition) is 2. The van der Waals surface area contributed by atoms with E-state index >= 15 is 0 Å². The Balaban J connectivity index is 2.66. The fourth-order valence-electron chi connectivity index (χ4n) is 2.28. The first kappa shape index (κ1) is 16.6. The molecule has 1 aliphatic rings. The van der Waals surface area contributed by atoms with Gasteiger partial charge in [-0.3, -0.25) is 0 Å². The van der Waals surface area contributed by atoms with Crippen molar-refractivity contribution in [3.8, 4) is 0 Å². The molecule has 2 N–H and O–H groups in total. The lowest BCUT2D eigenvalue weighted by molar-refractivity contribution is -0.149. The third kappa shape index (κ3) is 4.88. The molecule has 4 heteroatoms. The topological polar surface area (TPSA) is 58.9 Å². The molecule has 4 nitrogen and oxygen atoms in total. The van der Waals surface area contributed by atoms with Crippen LogP contribution in [-0.2, 0) is 9.47 Å². The first-order valence-electron chi connectivity index (χ1n) is 7.09. The average molecular weight is 272 g/mol. The van der Waals surface area contributed by atoms with E-state index in [4.69, 9.17) is 14.6 Å². The summed E-state index contributed by atoms with van der Waals surface area (Å²) in [5.74, 6) is -0.295. The second kappa shape index (κ2) is 6.84. The van der Waals surface area contributed by atoms with Crippen molar-refractivity contribution in [2.75, 3.05) is 6.61 Å². The van der Waals surface area contributed by atoms with Gasteiger partial charge in [0.25, 0.3) is 0 Å². The van der Waals surface area contributed by atoms with Gasteiger partial charge in [0.05, 0.1) is 18.3 Å². The van der Waals surface area contributed by atoms with Gasteiger partial charge in [-0.05, 0) is 33.1 Å². The van der Waals surface area contributed by atoms with Gasteiger partial charge < -0.3 is 19.7 Å². The van der Waals surface area contributed by atoms with Crippen LogP contribution in [0, 0.1) is 11.8 Å². The van der Waals surface area contributed by atoms with E-state index in [1.807, 2.05) is 26.8 Å². The van der Waals surface area contributed by atoms with E-state index in [1.165, 1.54) is 0 Å². The van der Waals surface area contributed by atoms with E-state index in [1.54, 1.807) is 6.92 Å². The summed E-state index contributed by atoms with van der Waals surface area (Å²) < 4.78 is 11.7. The smallest absolute Gasteiger partial charge is 0.163 e. The van der Waals surface area contributed by atoms with Crippen LogP contribution in [0.1, 0.15) is 41.0 Å². The van der Waals surface area contributed by atoms with E-state index in [-0.39, 0.29) is 36.8 Å². The molecule has 0 aromatic rings. The molecule has 1 saturated heterocycles. The monoisotopic (exact) mass is 272 g/mol. The fourth-order valence-corrected chi connectivity index (χ4v) is 2.28. The molecule has 1 heterocycles. The number of rotatable bonds is 6. The van der Waals surface area contributed by atoms with Crippen LogP contribution in [0.3, 0.4) is 0 Å². The predicted molar refractivity (Wildman–Crippen MR) is 74.7 cm³/mol. The van der Waals surface area contributed by atoms with Gasteiger partial charge in [-0.25, -0.2) is 0 Å². The van der Waals surface area contributed by atoms with E-state index in [0.29, 0.717) is 6.42 Å². The molecule has 0 aromatic carbocycles. The van der Waals surface area contributed by atoms with E-state index in [9.17, 15) is 5.11 Å². The summed E-state index contributed by atoms with van der Waals surface area (Å²) in [7, 11) is 0. The largest absolute Gasteiger partial charge is 0.396 e. The van der Waals surface area contributed by atoms with Crippen molar-refractivity contribution in [2.45, 2.75) is 65.1 Å². The minimum absolute atomic E-state index is 0.0559. The van der Waals surface area contributed by atoms with Gasteiger partial charge in [0.2, 0.25) is 0 Å². The minimum atomic E-state index is -0.595. The first-order chi connectivity index (χ1) is 8.76. The molecule has 0 amide bonds. The SMILES string of the molecule is CC(/C=C\[C@@H](C)[C@H](C)O)[C@H]1OC(C)(C)O[C@H]1CCO. The summed E-state index contributed by atoms with van der Waals surface area (Å²) in [6.45, 7) is 9.73. The first-order valence-corrected chi connectivity index (χ1v) is 7.09. The zero-order valence-electron chi connectivity index (χ0n) is 12.7. The maximum Gasteiger partial charge on any atom is 0.163 e. The highest BCUT2D eigenvalue weighted by Gasteiger charge is 2.42. The van der Waals surface area contributed by atoms with Crippen molar-refractivity contribution in [3.05, 3.63) is 12.2 Å². The summed E-state index contributed by atoms with van der Waals surface area (Å²) in [5.41, 5.74) is 0. The van der Waals surface area contributed by atoms with Gasteiger partial charge >= 0.3 is 0 Å². The van der Waals surface area contributed by atoms with Crippen LogP contribution in [0.4, 0.5) is 0 Å². The Morgan fingerprint density at radius 2 is 1.79 bits per heavy atom. The van der Waals surface area contributed by atoms with Crippen LogP contribution in [0.25, 0.3) is 0 Å². The lowest BCUT2D eigenvalue weighted by Crippen LogP contribution is -2.29. The molecule has 112 valence electrons. The normalized spacial score (nSPS) is 31.5. The third-order valence-corrected chi connectivity index (χ3v) is 3.63. The molecular formula is C15H28O4. The molecule has 0 saturated carbocycles. The molecule has 1 aliphatic heterocycles. The summed E-state index contributed by atoms with van der Waals surface area (Å²) in [6, 6.07) is 0. The van der Waals surface area contributed by atoms with Crippen molar-refractivity contribution in [3.63, 3.8) is 0 Å². The lowest BCUT2D eigenvalue weighted by Gasteiger charge is -2.21. The third-order valence-electron chi connectivity index (χ3n) is 3.63. The summed E-state index contributed by atoms with van der Waals surface area (Å²) in [5, 5.41) is 18.6. The Morgan fingerprint density at radius 3 is 2.32 bits per heavy atom. The van der Waals surface area contributed by atoms with E-state index in [2.05, 4.69) is 13.0 Å². The van der Waals surface area contributed by atoms with Crippen molar-refractivity contribution < 1.29 is 19.7 Å². The van der Waals surface area contributed by atoms with Crippen LogP contribution in [0.15, 0.2) is 12.2 Å².